The third-order valence-electron chi connectivity index (χ3n) is 3.78. The van der Waals surface area contributed by atoms with Gasteiger partial charge in [-0.15, -0.1) is 11.6 Å². The molecule has 1 aliphatic rings. The van der Waals surface area contributed by atoms with Crippen LogP contribution in [-0.2, 0) is 11.2 Å². The lowest BCUT2D eigenvalue weighted by Gasteiger charge is -2.25. The Morgan fingerprint density at radius 2 is 1.84 bits per heavy atom. The highest BCUT2D eigenvalue weighted by atomic mass is 35.5. The molecule has 2 rings (SSSR count). The van der Waals surface area contributed by atoms with Crippen molar-refractivity contribution >= 4 is 17.5 Å². The van der Waals surface area contributed by atoms with Gasteiger partial charge in [0, 0.05) is 17.8 Å². The fourth-order valence-electron chi connectivity index (χ4n) is 2.51. The summed E-state index contributed by atoms with van der Waals surface area (Å²) in [6, 6.07) is 8.72. The van der Waals surface area contributed by atoms with Gasteiger partial charge in [0.1, 0.15) is 0 Å². The molecule has 0 aliphatic heterocycles. The number of hydrogen-bond donors (Lipinski definition) is 1. The number of amides is 1. The van der Waals surface area contributed by atoms with E-state index in [-0.39, 0.29) is 5.91 Å². The number of aryl methyl sites for hydroxylation is 2. The van der Waals surface area contributed by atoms with Gasteiger partial charge in [-0.25, -0.2) is 0 Å². The molecule has 1 saturated carbocycles. The van der Waals surface area contributed by atoms with Crippen LogP contribution in [0.25, 0.3) is 0 Å². The predicted octanol–water partition coefficient (Wildman–Crippen LogP) is 3.59. The first-order valence-corrected chi connectivity index (χ1v) is 7.56. The quantitative estimate of drug-likeness (QED) is 0.839. The first-order chi connectivity index (χ1) is 9.13. The fraction of sp³-hybridized carbons (Fsp3) is 0.562. The molecule has 0 spiro atoms. The third kappa shape index (κ3) is 4.87. The van der Waals surface area contributed by atoms with E-state index in [1.807, 2.05) is 0 Å². The molecule has 0 radical (unpaired) electrons. The Kier molecular flexibility index (Phi) is 5.26. The molecule has 1 amide bonds. The monoisotopic (exact) mass is 279 g/mol. The Labute approximate surface area is 120 Å². The second kappa shape index (κ2) is 6.95. The molecule has 1 fully saturated rings. The van der Waals surface area contributed by atoms with Gasteiger partial charge in [0.2, 0.25) is 5.91 Å². The van der Waals surface area contributed by atoms with E-state index in [2.05, 4.69) is 36.5 Å². The maximum Gasteiger partial charge on any atom is 0.220 e. The third-order valence-corrected chi connectivity index (χ3v) is 4.22. The van der Waals surface area contributed by atoms with Crippen LogP contribution in [-0.4, -0.2) is 17.3 Å². The molecule has 0 bridgehead atoms. The van der Waals surface area contributed by atoms with Gasteiger partial charge >= 0.3 is 0 Å². The van der Waals surface area contributed by atoms with Crippen LogP contribution in [0.5, 0.6) is 0 Å². The summed E-state index contributed by atoms with van der Waals surface area (Å²) in [6.07, 6.45) is 5.46. The number of rotatable bonds is 4. The summed E-state index contributed by atoms with van der Waals surface area (Å²) in [5.74, 6) is 0.165. The molecular weight excluding hydrogens is 258 g/mol. The minimum absolute atomic E-state index is 0.165. The van der Waals surface area contributed by atoms with Crippen LogP contribution in [0.4, 0.5) is 0 Å². The first-order valence-electron chi connectivity index (χ1n) is 7.12. The first kappa shape index (κ1) is 14.4. The topological polar surface area (TPSA) is 29.1 Å². The van der Waals surface area contributed by atoms with Crippen LogP contribution in [0.3, 0.4) is 0 Å². The molecule has 3 heteroatoms. The predicted molar refractivity (Wildman–Crippen MR) is 79.5 cm³/mol. The van der Waals surface area contributed by atoms with Crippen LogP contribution in [0.1, 0.15) is 43.2 Å². The summed E-state index contributed by atoms with van der Waals surface area (Å²) in [7, 11) is 0. The Bertz CT molecular complexity index is 407. The second-order valence-electron chi connectivity index (χ2n) is 5.50. The van der Waals surface area contributed by atoms with Gasteiger partial charge in [-0.3, -0.25) is 4.79 Å². The summed E-state index contributed by atoms with van der Waals surface area (Å²) in [6.45, 7) is 2.07. The SMILES string of the molecule is Cc1ccc(CCC(=O)NC2CCC(Cl)CC2)cc1. The number of halogens is 1. The van der Waals surface area contributed by atoms with Crippen molar-refractivity contribution in [2.24, 2.45) is 0 Å². The average molecular weight is 280 g/mol. The minimum Gasteiger partial charge on any atom is -0.353 e. The lowest BCUT2D eigenvalue weighted by atomic mass is 9.95. The number of benzene rings is 1. The van der Waals surface area contributed by atoms with E-state index in [1.165, 1.54) is 11.1 Å². The molecule has 1 aliphatic carbocycles. The van der Waals surface area contributed by atoms with E-state index in [9.17, 15) is 4.79 Å². The molecule has 1 aromatic rings. The molecule has 0 unspecified atom stereocenters. The summed E-state index contributed by atoms with van der Waals surface area (Å²) in [5.41, 5.74) is 2.48. The highest BCUT2D eigenvalue weighted by Crippen LogP contribution is 2.22. The molecule has 0 saturated heterocycles. The van der Waals surface area contributed by atoms with Gasteiger partial charge in [-0.1, -0.05) is 29.8 Å². The van der Waals surface area contributed by atoms with E-state index < -0.39 is 0 Å². The Morgan fingerprint density at radius 3 is 2.47 bits per heavy atom. The van der Waals surface area contributed by atoms with Crippen molar-refractivity contribution in [1.82, 2.24) is 5.32 Å². The molecule has 2 nitrogen and oxygen atoms in total. The van der Waals surface area contributed by atoms with Crippen molar-refractivity contribution in [3.8, 4) is 0 Å². The van der Waals surface area contributed by atoms with Gasteiger partial charge < -0.3 is 5.32 Å². The van der Waals surface area contributed by atoms with Crippen LogP contribution in [0, 0.1) is 6.92 Å². The fourth-order valence-corrected chi connectivity index (χ4v) is 2.76. The van der Waals surface area contributed by atoms with Gasteiger partial charge in [0.15, 0.2) is 0 Å². The van der Waals surface area contributed by atoms with E-state index in [4.69, 9.17) is 11.6 Å². The summed E-state index contributed by atoms with van der Waals surface area (Å²) >= 11 is 6.06. The number of carbonyl (C=O) groups excluding carboxylic acids is 1. The molecule has 0 heterocycles. The normalized spacial score (nSPS) is 23.1. The zero-order valence-electron chi connectivity index (χ0n) is 11.5. The summed E-state index contributed by atoms with van der Waals surface area (Å²) < 4.78 is 0. The Morgan fingerprint density at radius 1 is 1.21 bits per heavy atom. The van der Waals surface area contributed by atoms with Gasteiger partial charge in [0.05, 0.1) is 0 Å². The van der Waals surface area contributed by atoms with Crippen molar-refractivity contribution in [3.05, 3.63) is 35.4 Å². The van der Waals surface area contributed by atoms with Crippen molar-refractivity contribution in [2.45, 2.75) is 56.9 Å². The van der Waals surface area contributed by atoms with Crippen LogP contribution >= 0.6 is 11.6 Å². The average Bonchev–Trinajstić information content (AvgIpc) is 2.41. The lowest BCUT2D eigenvalue weighted by molar-refractivity contribution is -0.121. The minimum atomic E-state index is 0.165. The van der Waals surface area contributed by atoms with Gasteiger partial charge in [-0.05, 0) is 44.6 Å². The van der Waals surface area contributed by atoms with Crippen molar-refractivity contribution in [1.29, 1.82) is 0 Å². The van der Waals surface area contributed by atoms with Crippen molar-refractivity contribution in [2.75, 3.05) is 0 Å². The molecule has 1 aromatic carbocycles. The van der Waals surface area contributed by atoms with Crippen molar-refractivity contribution in [3.63, 3.8) is 0 Å². The molecule has 19 heavy (non-hydrogen) atoms. The van der Waals surface area contributed by atoms with E-state index in [0.717, 1.165) is 32.1 Å². The van der Waals surface area contributed by atoms with Crippen LogP contribution in [0.2, 0.25) is 0 Å². The maximum atomic E-state index is 11.9. The largest absolute Gasteiger partial charge is 0.353 e. The smallest absolute Gasteiger partial charge is 0.220 e. The highest BCUT2D eigenvalue weighted by molar-refractivity contribution is 6.20. The zero-order valence-corrected chi connectivity index (χ0v) is 12.2. The molecular formula is C16H22ClNO. The summed E-state index contributed by atoms with van der Waals surface area (Å²) in [5, 5.41) is 3.43. The molecule has 0 aromatic heterocycles. The lowest BCUT2D eigenvalue weighted by Crippen LogP contribution is -2.37. The van der Waals surface area contributed by atoms with Gasteiger partial charge in [0.25, 0.3) is 0 Å². The van der Waals surface area contributed by atoms with E-state index in [1.54, 1.807) is 0 Å². The maximum absolute atomic E-state index is 11.9. The van der Waals surface area contributed by atoms with Crippen molar-refractivity contribution < 1.29 is 4.79 Å². The number of nitrogens with one attached hydrogen (secondary N) is 1. The highest BCUT2D eigenvalue weighted by Gasteiger charge is 2.20. The second-order valence-corrected chi connectivity index (χ2v) is 6.12. The van der Waals surface area contributed by atoms with E-state index in [0.29, 0.717) is 17.8 Å². The standard InChI is InChI=1S/C16H22ClNO/c1-12-2-4-13(5-3-12)6-11-16(19)18-15-9-7-14(17)8-10-15/h2-5,14-15H,6-11H2,1H3,(H,18,19). The number of hydrogen-bond acceptors (Lipinski definition) is 1. The number of carbonyl (C=O) groups is 1. The zero-order chi connectivity index (χ0) is 13.7. The molecule has 0 atom stereocenters. The van der Waals surface area contributed by atoms with Crippen LogP contribution in [0.15, 0.2) is 24.3 Å². The molecule has 104 valence electrons. The van der Waals surface area contributed by atoms with Gasteiger partial charge in [-0.2, -0.15) is 0 Å². The molecule has 1 N–H and O–H groups in total. The summed E-state index contributed by atoms with van der Waals surface area (Å²) in [4.78, 5) is 11.9. The number of alkyl halides is 1. The van der Waals surface area contributed by atoms with E-state index >= 15 is 0 Å². The Hall–Kier alpha value is -1.02. The van der Waals surface area contributed by atoms with Crippen LogP contribution < -0.4 is 5.32 Å². The Balaban J connectivity index is 1.71.